The molecule has 2 aliphatic heterocycles. The molecular weight excluding hydrogens is 1590 g/mol. The number of para-hydroxylation sites is 1. The molecule has 0 fully saturated rings. The van der Waals surface area contributed by atoms with Gasteiger partial charge in [0.2, 0.25) is 0 Å². The summed E-state index contributed by atoms with van der Waals surface area (Å²) in [5.41, 5.74) is 41.9. The molecule has 2 spiro atoms. The van der Waals surface area contributed by atoms with E-state index >= 15 is 0 Å². The van der Waals surface area contributed by atoms with Crippen LogP contribution in [0.15, 0.2) is 418 Å². The van der Waals surface area contributed by atoms with Crippen molar-refractivity contribution in [2.75, 3.05) is 9.80 Å². The van der Waals surface area contributed by atoms with Crippen LogP contribution in [0.4, 0.5) is 34.1 Å². The van der Waals surface area contributed by atoms with E-state index in [1.807, 2.05) is 30.3 Å². The normalized spacial score (nSPS) is 14.8. The summed E-state index contributed by atoms with van der Waals surface area (Å²) >= 11 is 0. The lowest BCUT2D eigenvalue weighted by atomic mass is 9.33. The lowest BCUT2D eigenvalue weighted by Gasteiger charge is -2.46. The number of nitrogens with zero attached hydrogens (tertiary/aromatic N) is 3. The Labute approximate surface area is 783 Å². The number of rotatable bonds is 9. The molecule has 19 aromatic carbocycles. The third-order valence-corrected chi connectivity index (χ3v) is 29.7. The van der Waals surface area contributed by atoms with Crippen molar-refractivity contribution in [2.45, 2.75) is 89.4 Å². The van der Waals surface area contributed by atoms with Gasteiger partial charge in [0, 0.05) is 50.3 Å². The summed E-state index contributed by atoms with van der Waals surface area (Å²) in [5, 5.41) is 0.272. The smallest absolute Gasteiger partial charge is 0.252 e. The summed E-state index contributed by atoms with van der Waals surface area (Å²) in [4.78, 5) is 5.13. The highest BCUT2D eigenvalue weighted by molar-refractivity contribution is 7.00. The van der Waals surface area contributed by atoms with Gasteiger partial charge in [-0.3, -0.25) is 0 Å². The molecule has 0 N–H and O–H groups in total. The van der Waals surface area contributed by atoms with Gasteiger partial charge < -0.3 is 14.4 Å². The summed E-state index contributed by atoms with van der Waals surface area (Å²) < 4.78 is 72.1. The first-order valence-electron chi connectivity index (χ1n) is 49.9. The average Bonchev–Trinajstić information content (AvgIpc) is 1.54. The zero-order valence-corrected chi connectivity index (χ0v) is 75.2. The molecule has 0 radical (unpaired) electrons. The molecule has 0 saturated heterocycles. The highest BCUT2D eigenvalue weighted by atomic mass is 15.2. The minimum absolute atomic E-state index is 0.101. The van der Waals surface area contributed by atoms with E-state index in [-0.39, 0.29) is 68.4 Å². The van der Waals surface area contributed by atoms with Gasteiger partial charge >= 0.3 is 0 Å². The molecule has 4 heteroatoms. The fourth-order valence-electron chi connectivity index (χ4n) is 23.5. The first kappa shape index (κ1) is 70.6. The van der Waals surface area contributed by atoms with E-state index < -0.39 is 35.0 Å². The van der Waals surface area contributed by atoms with E-state index in [9.17, 15) is 9.60 Å². The van der Waals surface area contributed by atoms with Gasteiger partial charge in [-0.25, -0.2) is 0 Å². The van der Waals surface area contributed by atoms with Crippen LogP contribution in [0.25, 0.3) is 139 Å². The van der Waals surface area contributed by atoms with Crippen LogP contribution in [0.2, 0.25) is 0 Å². The van der Waals surface area contributed by atoms with Crippen molar-refractivity contribution < 1.29 is 9.60 Å². The molecule has 0 unspecified atom stereocenters. The quantitative estimate of drug-likeness (QED) is 0.133. The molecule has 3 heterocycles. The van der Waals surface area contributed by atoms with Crippen molar-refractivity contribution >= 4 is 79.0 Å². The first-order chi connectivity index (χ1) is 67.3. The van der Waals surface area contributed by atoms with Crippen LogP contribution in [-0.2, 0) is 27.1 Å². The Kier molecular flexibility index (Phi) is 15.3. The predicted octanol–water partition coefficient (Wildman–Crippen LogP) is 31.4. The number of anilines is 6. The van der Waals surface area contributed by atoms with Crippen LogP contribution in [0, 0.1) is 0 Å². The minimum atomic E-state index is -0.616. The molecule has 4 aliphatic carbocycles. The van der Waals surface area contributed by atoms with E-state index in [4.69, 9.17) is 0 Å². The van der Waals surface area contributed by atoms with E-state index in [1.54, 1.807) is 4.57 Å². The van der Waals surface area contributed by atoms with Crippen LogP contribution >= 0.6 is 0 Å². The number of fused-ring (bicyclic) bond motifs is 27. The van der Waals surface area contributed by atoms with Gasteiger partial charge in [-0.2, -0.15) is 0 Å². The third kappa shape index (κ3) is 11.3. The van der Waals surface area contributed by atoms with Crippen molar-refractivity contribution in [1.29, 1.82) is 0 Å². The maximum atomic E-state index is 10.5. The SMILES string of the molecule is [2H]c1c([2H])c([2H])c2c(c1[2H])c1c([2H])c(-c3ccccc3)c([2H])c([2H])c1n2-c1ccc2c(c1)N(c1ccc(-c3ccccc3)cc1-c1ccc3c(c1)-c1ccccc1C31c3ccccc3-c3ccccc31)c1cc(C(C)(C)C)cc3c1B2c1ccc(-c2cc(C(C)(C)C)cc(C(C)(C)C)c2)cc1N3c1ccc(-c2ccccc2)cc1-c1ccc2c(c1)-c1ccccc1C21c2ccccc2-c2ccccc21. The molecule has 0 saturated carbocycles. The maximum absolute atomic E-state index is 10.5. The molecule has 20 aromatic rings. The predicted molar refractivity (Wildman–Crippen MR) is 556 cm³/mol. The number of benzene rings is 19. The number of hydrogen-bond donors (Lipinski definition) is 0. The monoisotopic (exact) mass is 1690 g/mol. The highest BCUT2D eigenvalue weighted by Crippen LogP contribution is 2.66. The van der Waals surface area contributed by atoms with Gasteiger partial charge in [0.05, 0.1) is 42.8 Å². The van der Waals surface area contributed by atoms with Crippen LogP contribution in [-0.4, -0.2) is 11.3 Å². The van der Waals surface area contributed by atoms with Crippen LogP contribution in [0.5, 0.6) is 0 Å². The van der Waals surface area contributed by atoms with Crippen molar-refractivity contribution in [3.05, 3.63) is 480 Å². The molecule has 3 nitrogen and oxygen atoms in total. The Bertz CT molecular complexity index is 8630. The summed E-state index contributed by atoms with van der Waals surface area (Å²) in [6.45, 7) is 20.4. The second-order valence-corrected chi connectivity index (χ2v) is 40.0. The van der Waals surface area contributed by atoms with E-state index in [2.05, 4.69) is 418 Å². The maximum Gasteiger partial charge on any atom is 0.252 e. The summed E-state index contributed by atoms with van der Waals surface area (Å²) in [7, 11) is 0. The Hall–Kier alpha value is -15.4. The Morgan fingerprint density at radius 3 is 1.03 bits per heavy atom. The summed E-state index contributed by atoms with van der Waals surface area (Å²) in [6.07, 6.45) is 0. The van der Waals surface area contributed by atoms with Crippen LogP contribution in [0.1, 0.15) is 133 Å². The lowest BCUT2D eigenvalue weighted by molar-refractivity contribution is 0.569. The van der Waals surface area contributed by atoms with Gasteiger partial charge in [0.15, 0.2) is 0 Å². The van der Waals surface area contributed by atoms with Crippen LogP contribution in [0.3, 0.4) is 0 Å². The van der Waals surface area contributed by atoms with Gasteiger partial charge in [-0.1, -0.05) is 396 Å². The molecule has 26 rings (SSSR count). The van der Waals surface area contributed by atoms with Crippen LogP contribution < -0.4 is 26.2 Å². The molecule has 0 amide bonds. The molecule has 132 heavy (non-hydrogen) atoms. The fraction of sp³-hybridized carbons (Fsp3) is 0.109. The molecular formula is C128H96BN3. The van der Waals surface area contributed by atoms with Crippen molar-refractivity contribution in [3.8, 4) is 117 Å². The summed E-state index contributed by atoms with van der Waals surface area (Å²) in [6, 6.07) is 137. The molecule has 0 bridgehead atoms. The topological polar surface area (TPSA) is 11.4 Å². The van der Waals surface area contributed by atoms with Gasteiger partial charge in [0.1, 0.15) is 0 Å². The fourth-order valence-corrected chi connectivity index (χ4v) is 23.5. The Morgan fingerprint density at radius 1 is 0.235 bits per heavy atom. The van der Waals surface area contributed by atoms with E-state index in [0.717, 1.165) is 117 Å². The average molecular weight is 1690 g/mol. The van der Waals surface area contributed by atoms with Gasteiger partial charge in [-0.05, 0) is 279 Å². The van der Waals surface area contributed by atoms with Crippen molar-refractivity contribution in [1.82, 2.24) is 4.57 Å². The first-order valence-corrected chi connectivity index (χ1v) is 46.4. The third-order valence-electron chi connectivity index (χ3n) is 29.7. The molecule has 1 aromatic heterocycles. The Balaban J connectivity index is 0.789. The Morgan fingerprint density at radius 2 is 0.583 bits per heavy atom. The molecule has 626 valence electrons. The zero-order chi connectivity index (χ0) is 94.7. The van der Waals surface area contributed by atoms with E-state index in [1.165, 1.54) is 94.6 Å². The minimum Gasteiger partial charge on any atom is -0.311 e. The zero-order valence-electron chi connectivity index (χ0n) is 82.2. The van der Waals surface area contributed by atoms with Gasteiger partial charge in [0.25, 0.3) is 6.71 Å². The van der Waals surface area contributed by atoms with Gasteiger partial charge in [-0.15, -0.1) is 0 Å². The number of hydrogen-bond acceptors (Lipinski definition) is 2. The largest absolute Gasteiger partial charge is 0.311 e. The standard InChI is InChI=1S/C128H96BN3/c1-124(2,3)89-67-88(68-90(75-89)125(4,5)6)85-55-62-113-119(74-85)131(116-64-56-82(79-33-13-10-14-34-79)69-100(116)86-53-60-111-102(72-86)97-43-23-30-50-109(97)127(111)105-46-26-19-39-93(105)94-40-20-27-47-106(94)127)121-76-91(126(7,8)9)77-122-123(121)129(113)114-63-59-92(130-115-52-32-25-45-99(115)104-71-84(58-66-118(104)130)81-37-17-12-18-38-81)78-120(114)132(122)117-65-57-83(80-35-15-11-16-36-80)70-101(117)87-54-61-112-103(73-87)98-44-24-31-51-110(98)128(112)107-48-28-21-41-95(107)96-42-22-29-49-108(96)128/h10-78H,1-9H3/i25D,32D,45D,52D,58D,66D,71D. The molecule has 6 aliphatic rings. The lowest BCUT2D eigenvalue weighted by Crippen LogP contribution is -2.61. The highest BCUT2D eigenvalue weighted by Gasteiger charge is 2.54. The van der Waals surface area contributed by atoms with Crippen molar-refractivity contribution in [2.24, 2.45) is 0 Å². The summed E-state index contributed by atoms with van der Waals surface area (Å²) in [5.74, 6) is 0. The second kappa shape index (κ2) is 28.6. The number of aromatic nitrogens is 1. The van der Waals surface area contributed by atoms with Crippen molar-refractivity contribution in [3.63, 3.8) is 0 Å². The van der Waals surface area contributed by atoms with E-state index in [0.29, 0.717) is 11.3 Å². The second-order valence-electron chi connectivity index (χ2n) is 40.0. The molecule has 0 atom stereocenters.